The molecular weight excluding hydrogens is 306 g/mol. The number of halogens is 2. The fraction of sp³-hybridized carbons (Fsp3) is 0.167. The van der Waals surface area contributed by atoms with Crippen LogP contribution >= 0.6 is 24.8 Å². The molecule has 0 spiro atoms. The van der Waals surface area contributed by atoms with Gasteiger partial charge in [0, 0.05) is 26.2 Å². The summed E-state index contributed by atoms with van der Waals surface area (Å²) in [7, 11) is 0. The van der Waals surface area contributed by atoms with Crippen LogP contribution in [-0.4, -0.2) is 0 Å². The van der Waals surface area contributed by atoms with Crippen LogP contribution in [0, 0.1) is 13.8 Å². The summed E-state index contributed by atoms with van der Waals surface area (Å²) in [6, 6.07) is 16.3. The summed E-state index contributed by atoms with van der Waals surface area (Å²) in [5, 5.41) is 0. The van der Waals surface area contributed by atoms with Crippen LogP contribution in [0.5, 0.6) is 0 Å². The zero-order valence-corrected chi connectivity index (χ0v) is 13.0. The zero-order chi connectivity index (χ0) is 8.81. The van der Waals surface area contributed by atoms with E-state index >= 15 is 0 Å². The summed E-state index contributed by atoms with van der Waals surface area (Å²) < 4.78 is 0. The Morgan fingerprint density at radius 2 is 1.40 bits per heavy atom. The summed E-state index contributed by atoms with van der Waals surface area (Å²) in [5.41, 5.74) is 2.78. The average molecular weight is 322 g/mol. The molecule has 15 heavy (non-hydrogen) atoms. The van der Waals surface area contributed by atoms with Gasteiger partial charge in [0.15, 0.2) is 0 Å². The third-order valence-corrected chi connectivity index (χ3v) is 1.87. The van der Waals surface area contributed by atoms with Crippen LogP contribution in [0.4, 0.5) is 0 Å². The molecule has 0 aliphatic rings. The van der Waals surface area contributed by atoms with Crippen molar-refractivity contribution in [2.24, 2.45) is 0 Å². The first kappa shape index (κ1) is 20.6. The molecular formula is C12H16Cl2Zr-6. The Kier molecular flexibility index (Phi) is 16.8. The number of rotatable bonds is 0. The van der Waals surface area contributed by atoms with Gasteiger partial charge in [0.25, 0.3) is 0 Å². The van der Waals surface area contributed by atoms with E-state index in [9.17, 15) is 0 Å². The van der Waals surface area contributed by atoms with Crippen LogP contribution < -0.4 is 0 Å². The fourth-order valence-corrected chi connectivity index (χ4v) is 0.920. The Labute approximate surface area is 124 Å². The van der Waals surface area contributed by atoms with E-state index in [4.69, 9.17) is 0 Å². The average Bonchev–Trinajstić information content (AvgIpc) is 2.67. The van der Waals surface area contributed by atoms with Crippen molar-refractivity contribution in [1.82, 2.24) is 0 Å². The monoisotopic (exact) mass is 320 g/mol. The van der Waals surface area contributed by atoms with Crippen molar-refractivity contribution in [2.75, 3.05) is 0 Å². The first-order valence-corrected chi connectivity index (χ1v) is 4.16. The van der Waals surface area contributed by atoms with Crippen LogP contribution in [0.3, 0.4) is 0 Å². The number of aryl methyl sites for hydroxylation is 2. The smallest absolute Gasteiger partial charge is 0 e. The molecule has 0 bridgehead atoms. The second-order valence-corrected chi connectivity index (χ2v) is 2.85. The first-order valence-electron chi connectivity index (χ1n) is 4.16. The van der Waals surface area contributed by atoms with E-state index in [1.165, 1.54) is 11.1 Å². The molecule has 0 aliphatic heterocycles. The molecule has 0 unspecified atom stereocenters. The predicted molar refractivity (Wildman–Crippen MR) is 68.0 cm³/mol. The van der Waals surface area contributed by atoms with Crippen LogP contribution in [-0.2, 0) is 26.2 Å². The second-order valence-electron chi connectivity index (χ2n) is 2.85. The van der Waals surface area contributed by atoms with Crippen molar-refractivity contribution in [2.45, 2.75) is 13.8 Å². The van der Waals surface area contributed by atoms with E-state index in [2.05, 4.69) is 32.0 Å². The molecule has 2 aromatic carbocycles. The van der Waals surface area contributed by atoms with Crippen LogP contribution in [0.1, 0.15) is 11.1 Å². The molecule has 0 saturated carbocycles. The van der Waals surface area contributed by atoms with Crippen molar-refractivity contribution in [3.63, 3.8) is 0 Å². The molecule has 0 amide bonds. The van der Waals surface area contributed by atoms with Crippen molar-refractivity contribution < 1.29 is 26.2 Å². The minimum atomic E-state index is 0. The van der Waals surface area contributed by atoms with E-state index < -0.39 is 0 Å². The van der Waals surface area contributed by atoms with Gasteiger partial charge in [-0.3, -0.25) is 0 Å². The zero-order valence-electron chi connectivity index (χ0n) is 8.94. The van der Waals surface area contributed by atoms with Crippen LogP contribution in [0.25, 0.3) is 0 Å². The van der Waals surface area contributed by atoms with E-state index in [0.29, 0.717) is 0 Å². The maximum atomic E-state index is 2.12. The van der Waals surface area contributed by atoms with Crippen molar-refractivity contribution >= 4 is 24.8 Å². The van der Waals surface area contributed by atoms with E-state index in [1.807, 2.05) is 30.3 Å². The Balaban J connectivity index is -0.000000165. The number of hydrogen-bond acceptors (Lipinski definition) is 0. The molecule has 3 heteroatoms. The van der Waals surface area contributed by atoms with Crippen molar-refractivity contribution in [3.8, 4) is 0 Å². The van der Waals surface area contributed by atoms with Gasteiger partial charge in [-0.1, -0.05) is 13.8 Å². The summed E-state index contributed by atoms with van der Waals surface area (Å²) >= 11 is 0. The Morgan fingerprint density at radius 3 is 1.53 bits per heavy atom. The quantitative estimate of drug-likeness (QED) is 0.636. The SMILES string of the molecule is Cc1ccc[c-]1C.Cl.Cl.[Zr].[cH-]1[cH-][cH-][cH-][cH-]1. The van der Waals surface area contributed by atoms with Gasteiger partial charge in [-0.05, 0) is 0 Å². The summed E-state index contributed by atoms with van der Waals surface area (Å²) in [6.07, 6.45) is 0. The number of hydrogen-bond donors (Lipinski definition) is 0. The Hall–Kier alpha value is 0.163. The molecule has 0 N–H and O–H groups in total. The van der Waals surface area contributed by atoms with Crippen LogP contribution in [0.15, 0.2) is 48.5 Å². The molecule has 0 atom stereocenters. The second kappa shape index (κ2) is 12.2. The third kappa shape index (κ3) is 9.11. The minimum absolute atomic E-state index is 0. The largest absolute Gasteiger partial charge is 0.748 e. The Bertz CT molecular complexity index is 265. The predicted octanol–water partition coefficient (Wildman–Crippen LogP) is 4.27. The summed E-state index contributed by atoms with van der Waals surface area (Å²) in [6.45, 7) is 4.24. The van der Waals surface area contributed by atoms with E-state index in [1.54, 1.807) is 0 Å². The minimum Gasteiger partial charge on any atom is -0.748 e. The molecule has 2 rings (SSSR count). The van der Waals surface area contributed by atoms with E-state index in [0.717, 1.165) is 0 Å². The topological polar surface area (TPSA) is 0 Å². The molecule has 88 valence electrons. The van der Waals surface area contributed by atoms with Crippen molar-refractivity contribution in [3.05, 3.63) is 59.7 Å². The normalized spacial score (nSPS) is 7.07. The standard InChI is InChI=1S/C7H9.C5H5.2ClH.Zr/c1-6-4-3-5-7(6)2;1-2-4-5-3-1;;;/h3-5H,1-2H3;1-5H;2*1H;/q-1;-5;;;. The maximum Gasteiger partial charge on any atom is 0 e. The molecule has 0 aromatic heterocycles. The van der Waals surface area contributed by atoms with Gasteiger partial charge in [0.2, 0.25) is 0 Å². The molecule has 2 aromatic rings. The first-order chi connectivity index (χ1) is 5.80. The van der Waals surface area contributed by atoms with Gasteiger partial charge in [0.1, 0.15) is 0 Å². The van der Waals surface area contributed by atoms with Gasteiger partial charge in [0.05, 0.1) is 0 Å². The van der Waals surface area contributed by atoms with Crippen LogP contribution in [0.2, 0.25) is 0 Å². The summed E-state index contributed by atoms with van der Waals surface area (Å²) in [4.78, 5) is 0. The van der Waals surface area contributed by atoms with Gasteiger partial charge >= 0.3 is 0 Å². The molecule has 0 nitrogen and oxygen atoms in total. The molecule has 0 radical (unpaired) electrons. The van der Waals surface area contributed by atoms with Gasteiger partial charge in [-0.25, -0.2) is 12.1 Å². The molecule has 0 heterocycles. The van der Waals surface area contributed by atoms with Gasteiger partial charge < -0.3 is 30.3 Å². The fourth-order valence-electron chi connectivity index (χ4n) is 0.920. The van der Waals surface area contributed by atoms with Crippen molar-refractivity contribution in [1.29, 1.82) is 0 Å². The molecule has 0 aliphatic carbocycles. The molecule has 0 fully saturated rings. The third-order valence-electron chi connectivity index (χ3n) is 1.87. The maximum absolute atomic E-state index is 2.12. The molecule has 0 saturated heterocycles. The van der Waals surface area contributed by atoms with Gasteiger partial charge in [-0.2, -0.15) is 17.2 Å². The van der Waals surface area contributed by atoms with Gasteiger partial charge in [-0.15, -0.1) is 24.8 Å². The summed E-state index contributed by atoms with van der Waals surface area (Å²) in [5.74, 6) is 0. The van der Waals surface area contributed by atoms with E-state index in [-0.39, 0.29) is 51.0 Å². The Morgan fingerprint density at radius 1 is 1.00 bits per heavy atom.